The first kappa shape index (κ1) is 15.7. The summed E-state index contributed by atoms with van der Waals surface area (Å²) in [4.78, 5) is 26.2. The molecule has 0 spiro atoms. The van der Waals surface area contributed by atoms with Gasteiger partial charge in [0.15, 0.2) is 0 Å². The highest BCUT2D eigenvalue weighted by molar-refractivity contribution is 6.29. The molecule has 2 rings (SSSR count). The Hall–Kier alpha value is -2.67. The summed E-state index contributed by atoms with van der Waals surface area (Å²) in [5.41, 5.74) is 0.903. The van der Waals surface area contributed by atoms with Crippen LogP contribution in [0.4, 0.5) is 11.4 Å². The Balaban J connectivity index is 2.10. The van der Waals surface area contributed by atoms with E-state index in [0.717, 1.165) is 0 Å². The van der Waals surface area contributed by atoms with Crippen molar-refractivity contribution in [3.63, 3.8) is 0 Å². The van der Waals surface area contributed by atoms with Crippen LogP contribution in [0.5, 0.6) is 0 Å². The number of pyridine rings is 1. The van der Waals surface area contributed by atoms with Crippen LogP contribution < -0.4 is 5.32 Å². The number of nitrogens with zero attached hydrogens (tertiary/aromatic N) is 2. The van der Waals surface area contributed by atoms with Gasteiger partial charge < -0.3 is 10.1 Å². The van der Waals surface area contributed by atoms with Gasteiger partial charge in [-0.2, -0.15) is 0 Å². The lowest BCUT2D eigenvalue weighted by molar-refractivity contribution is -0.384. The van der Waals surface area contributed by atoms with E-state index in [-0.39, 0.29) is 17.9 Å². The predicted molar refractivity (Wildman–Crippen MR) is 81.0 cm³/mol. The van der Waals surface area contributed by atoms with Crippen LogP contribution in [-0.4, -0.2) is 22.9 Å². The molecule has 1 heterocycles. The number of aromatic nitrogens is 1. The van der Waals surface area contributed by atoms with Crippen LogP contribution in [-0.2, 0) is 11.3 Å². The number of carbonyl (C=O) groups excluding carboxylic acids is 1. The number of nitrogens with one attached hydrogen (secondary N) is 1. The number of esters is 1. The molecular formula is C14H12ClN3O4. The number of benzene rings is 1. The summed E-state index contributed by atoms with van der Waals surface area (Å²) in [6.07, 6.45) is 1.49. The minimum Gasteiger partial charge on any atom is -0.457 e. The van der Waals surface area contributed by atoms with Crippen LogP contribution in [0.25, 0.3) is 0 Å². The highest BCUT2D eigenvalue weighted by Crippen LogP contribution is 2.25. The molecule has 0 atom stereocenters. The van der Waals surface area contributed by atoms with Crippen molar-refractivity contribution >= 4 is 28.9 Å². The third-order valence-corrected chi connectivity index (χ3v) is 3.08. The summed E-state index contributed by atoms with van der Waals surface area (Å²) in [6, 6.07) is 7.35. The van der Waals surface area contributed by atoms with Crippen molar-refractivity contribution in [2.75, 3.05) is 12.4 Å². The fourth-order valence-electron chi connectivity index (χ4n) is 1.75. The molecule has 0 aliphatic rings. The molecule has 0 radical (unpaired) electrons. The summed E-state index contributed by atoms with van der Waals surface area (Å²) in [5, 5.41) is 14.0. The zero-order chi connectivity index (χ0) is 16.1. The minimum atomic E-state index is -0.652. The lowest BCUT2D eigenvalue weighted by atomic mass is 10.1. The quantitative estimate of drug-likeness (QED) is 0.393. The standard InChI is InChI=1S/C14H12ClN3O4/c1-16-11-4-3-10(6-12(11)18(20)21)14(19)22-8-9-2-5-13(15)17-7-9/h2-7,16H,8H2,1H3. The average molecular weight is 322 g/mol. The second-order valence-electron chi connectivity index (χ2n) is 4.30. The molecule has 7 nitrogen and oxygen atoms in total. The zero-order valence-corrected chi connectivity index (χ0v) is 12.3. The fraction of sp³-hybridized carbons (Fsp3) is 0.143. The molecule has 0 fully saturated rings. The summed E-state index contributed by atoms with van der Waals surface area (Å²) in [6.45, 7) is 0.00454. The summed E-state index contributed by atoms with van der Waals surface area (Å²) < 4.78 is 5.10. The number of carbonyl (C=O) groups is 1. The van der Waals surface area contributed by atoms with E-state index in [9.17, 15) is 14.9 Å². The molecule has 0 unspecified atom stereocenters. The van der Waals surface area contributed by atoms with Crippen LogP contribution in [0, 0.1) is 10.1 Å². The van der Waals surface area contributed by atoms with Gasteiger partial charge in [0.2, 0.25) is 0 Å². The number of rotatable bonds is 5. The second kappa shape index (κ2) is 6.86. The van der Waals surface area contributed by atoms with Crippen molar-refractivity contribution < 1.29 is 14.5 Å². The molecule has 0 aliphatic carbocycles. The molecule has 0 saturated heterocycles. The third-order valence-electron chi connectivity index (χ3n) is 2.86. The van der Waals surface area contributed by atoms with Crippen molar-refractivity contribution in [1.29, 1.82) is 0 Å². The summed E-state index contributed by atoms with van der Waals surface area (Å²) >= 11 is 5.66. The maximum absolute atomic E-state index is 11.9. The second-order valence-corrected chi connectivity index (χ2v) is 4.69. The summed E-state index contributed by atoms with van der Waals surface area (Å²) in [5.74, 6) is -0.652. The molecule has 1 aromatic carbocycles. The van der Waals surface area contributed by atoms with Crippen LogP contribution in [0.3, 0.4) is 0 Å². The zero-order valence-electron chi connectivity index (χ0n) is 11.6. The monoisotopic (exact) mass is 321 g/mol. The van der Waals surface area contributed by atoms with Crippen LogP contribution in [0.2, 0.25) is 5.15 Å². The first-order valence-corrected chi connectivity index (χ1v) is 6.63. The Morgan fingerprint density at radius 1 is 1.41 bits per heavy atom. The van der Waals surface area contributed by atoms with Gasteiger partial charge in [-0.05, 0) is 18.2 Å². The van der Waals surface area contributed by atoms with E-state index in [1.54, 1.807) is 19.2 Å². The molecule has 22 heavy (non-hydrogen) atoms. The first-order chi connectivity index (χ1) is 10.5. The van der Waals surface area contributed by atoms with E-state index in [1.165, 1.54) is 24.4 Å². The molecular weight excluding hydrogens is 310 g/mol. The number of anilines is 1. The third kappa shape index (κ3) is 3.70. The van der Waals surface area contributed by atoms with E-state index < -0.39 is 10.9 Å². The molecule has 0 aliphatic heterocycles. The Labute approximate surface area is 131 Å². The molecule has 8 heteroatoms. The SMILES string of the molecule is CNc1ccc(C(=O)OCc2ccc(Cl)nc2)cc1[N+](=O)[O-]. The van der Waals surface area contributed by atoms with Gasteiger partial charge in [0.05, 0.1) is 10.5 Å². The Kier molecular flexibility index (Phi) is 4.90. The number of nitro groups is 1. The van der Waals surface area contributed by atoms with Gasteiger partial charge >= 0.3 is 5.97 Å². The largest absolute Gasteiger partial charge is 0.457 e. The van der Waals surface area contributed by atoms with Crippen molar-refractivity contribution in [3.05, 3.63) is 62.9 Å². The summed E-state index contributed by atoms with van der Waals surface area (Å²) in [7, 11) is 1.56. The Morgan fingerprint density at radius 2 is 2.18 bits per heavy atom. The highest BCUT2D eigenvalue weighted by atomic mass is 35.5. The van der Waals surface area contributed by atoms with Crippen molar-refractivity contribution in [2.24, 2.45) is 0 Å². The molecule has 0 amide bonds. The van der Waals surface area contributed by atoms with Crippen LogP contribution >= 0.6 is 11.6 Å². The molecule has 1 aromatic heterocycles. The minimum absolute atomic E-state index is 0.00454. The van der Waals surface area contributed by atoms with Gasteiger partial charge in [0.1, 0.15) is 17.4 Å². The topological polar surface area (TPSA) is 94.4 Å². The first-order valence-electron chi connectivity index (χ1n) is 6.25. The fourth-order valence-corrected chi connectivity index (χ4v) is 1.86. The van der Waals surface area contributed by atoms with Gasteiger partial charge in [-0.1, -0.05) is 17.7 Å². The van der Waals surface area contributed by atoms with Gasteiger partial charge in [0.25, 0.3) is 5.69 Å². The number of halogens is 1. The highest BCUT2D eigenvalue weighted by Gasteiger charge is 2.17. The number of nitro benzene ring substituents is 1. The van der Waals surface area contributed by atoms with Gasteiger partial charge in [-0.15, -0.1) is 0 Å². The lowest BCUT2D eigenvalue weighted by Gasteiger charge is -2.06. The smallest absolute Gasteiger partial charge is 0.338 e. The van der Waals surface area contributed by atoms with Gasteiger partial charge in [-0.25, -0.2) is 9.78 Å². The van der Waals surface area contributed by atoms with Crippen LogP contribution in [0.1, 0.15) is 15.9 Å². The lowest BCUT2D eigenvalue weighted by Crippen LogP contribution is -2.07. The molecule has 0 saturated carbocycles. The Bertz CT molecular complexity index is 704. The number of hydrogen-bond donors (Lipinski definition) is 1. The van der Waals surface area contributed by atoms with E-state index in [1.807, 2.05) is 0 Å². The van der Waals surface area contributed by atoms with E-state index in [0.29, 0.717) is 16.4 Å². The van der Waals surface area contributed by atoms with E-state index >= 15 is 0 Å². The number of hydrogen-bond acceptors (Lipinski definition) is 6. The van der Waals surface area contributed by atoms with Crippen molar-refractivity contribution in [2.45, 2.75) is 6.61 Å². The molecule has 1 N–H and O–H groups in total. The maximum atomic E-state index is 11.9. The van der Waals surface area contributed by atoms with Crippen LogP contribution in [0.15, 0.2) is 36.5 Å². The molecule has 0 bridgehead atoms. The molecule has 114 valence electrons. The van der Waals surface area contributed by atoms with Gasteiger partial charge in [0, 0.05) is 24.9 Å². The predicted octanol–water partition coefficient (Wildman–Crippen LogP) is 3.04. The van der Waals surface area contributed by atoms with Crippen molar-refractivity contribution in [3.8, 4) is 0 Å². The average Bonchev–Trinajstić information content (AvgIpc) is 2.53. The van der Waals surface area contributed by atoms with Gasteiger partial charge in [-0.3, -0.25) is 10.1 Å². The van der Waals surface area contributed by atoms with E-state index in [2.05, 4.69) is 10.3 Å². The maximum Gasteiger partial charge on any atom is 0.338 e. The molecule has 2 aromatic rings. The number of ether oxygens (including phenoxy) is 1. The van der Waals surface area contributed by atoms with Crippen molar-refractivity contribution in [1.82, 2.24) is 4.98 Å². The normalized spacial score (nSPS) is 10.1. The Morgan fingerprint density at radius 3 is 2.77 bits per heavy atom. The van der Waals surface area contributed by atoms with E-state index in [4.69, 9.17) is 16.3 Å².